The van der Waals surface area contributed by atoms with E-state index in [9.17, 15) is 13.7 Å². The maximum absolute atomic E-state index is 12.8. The Morgan fingerprint density at radius 3 is 2.52 bits per heavy atom. The van der Waals surface area contributed by atoms with Gasteiger partial charge in [0.25, 0.3) is 0 Å². The number of benzene rings is 2. The zero-order chi connectivity index (χ0) is 19.2. The number of hydrogen-bond donors (Lipinski definition) is 1. The predicted molar refractivity (Wildman–Crippen MR) is 105 cm³/mol. The molecule has 3 aromatic rings. The zero-order valence-electron chi connectivity index (χ0n) is 14.1. The smallest absolute Gasteiger partial charge is 0.179 e. The first-order valence-corrected chi connectivity index (χ1v) is 10.3. The van der Waals surface area contributed by atoms with Crippen molar-refractivity contribution in [2.75, 3.05) is 11.5 Å². The van der Waals surface area contributed by atoms with E-state index >= 15 is 0 Å². The van der Waals surface area contributed by atoms with E-state index in [2.05, 4.69) is 11.1 Å². The molecule has 2 N–H and O–H groups in total. The van der Waals surface area contributed by atoms with Gasteiger partial charge in [0.15, 0.2) is 9.84 Å². The third kappa shape index (κ3) is 2.85. The highest BCUT2D eigenvalue weighted by Crippen LogP contribution is 2.42. The van der Waals surface area contributed by atoms with Gasteiger partial charge in [0.05, 0.1) is 16.3 Å². The predicted octanol–water partition coefficient (Wildman–Crippen LogP) is 3.85. The maximum atomic E-state index is 12.8. The number of nitrogens with zero attached hydrogens (tertiary/aromatic N) is 2. The molecule has 5 nitrogen and oxygen atoms in total. The van der Waals surface area contributed by atoms with Gasteiger partial charge in [-0.2, -0.15) is 5.26 Å². The number of hydrogen-bond acceptors (Lipinski definition) is 5. The van der Waals surface area contributed by atoms with Gasteiger partial charge in [0.2, 0.25) is 0 Å². The van der Waals surface area contributed by atoms with Crippen molar-refractivity contribution in [3.63, 3.8) is 0 Å². The van der Waals surface area contributed by atoms with Crippen LogP contribution < -0.4 is 5.73 Å². The lowest BCUT2D eigenvalue weighted by atomic mass is 9.90. The fourth-order valence-corrected chi connectivity index (χ4v) is 5.04. The highest BCUT2D eigenvalue weighted by atomic mass is 35.5. The molecule has 1 aliphatic rings. The molecule has 2 heterocycles. The quantitative estimate of drug-likeness (QED) is 0.674. The van der Waals surface area contributed by atoms with Gasteiger partial charge in [-0.3, -0.25) is 0 Å². The van der Waals surface area contributed by atoms with Crippen molar-refractivity contribution in [1.29, 1.82) is 5.26 Å². The lowest BCUT2D eigenvalue weighted by Crippen LogP contribution is -2.08. The second kappa shape index (κ2) is 6.38. The number of halogens is 1. The van der Waals surface area contributed by atoms with Crippen LogP contribution in [0.3, 0.4) is 0 Å². The molecule has 1 aliphatic heterocycles. The fourth-order valence-electron chi connectivity index (χ4n) is 3.43. The van der Waals surface area contributed by atoms with E-state index in [-0.39, 0.29) is 28.5 Å². The number of aromatic nitrogens is 1. The molecule has 0 saturated heterocycles. The van der Waals surface area contributed by atoms with Gasteiger partial charge >= 0.3 is 0 Å². The molecular formula is C20H14ClN3O2S. The van der Waals surface area contributed by atoms with Gasteiger partial charge in [0, 0.05) is 21.7 Å². The van der Waals surface area contributed by atoms with Crippen LogP contribution in [0, 0.1) is 11.3 Å². The van der Waals surface area contributed by atoms with Crippen LogP contribution in [0.1, 0.15) is 11.1 Å². The first kappa shape index (κ1) is 17.5. The molecule has 0 radical (unpaired) electrons. The standard InChI is InChI=1S/C20H14ClN3O2S/c21-13-7-5-12(6-8-13)19-15-9-10-27(25,26)17-4-2-1-3-14(17)18(15)16(11-22)20(23)24-19/h1-8H,9-10H2,(H2,23,24). The Labute approximate surface area is 162 Å². The number of fused-ring (bicyclic) bond motifs is 3. The average molecular weight is 396 g/mol. The van der Waals surface area contributed by atoms with Gasteiger partial charge in [0.1, 0.15) is 17.5 Å². The molecule has 0 bridgehead atoms. The summed E-state index contributed by atoms with van der Waals surface area (Å²) in [5.74, 6) is 0.0175. The Morgan fingerprint density at radius 1 is 1.11 bits per heavy atom. The van der Waals surface area contributed by atoms with Crippen LogP contribution in [-0.4, -0.2) is 19.2 Å². The molecule has 0 aliphatic carbocycles. The Hall–Kier alpha value is -2.88. The third-order valence-electron chi connectivity index (χ3n) is 4.67. The molecule has 134 valence electrons. The van der Waals surface area contributed by atoms with Crippen molar-refractivity contribution >= 4 is 27.3 Å². The lowest BCUT2D eigenvalue weighted by Gasteiger charge is -2.16. The lowest BCUT2D eigenvalue weighted by molar-refractivity contribution is 0.596. The highest BCUT2D eigenvalue weighted by molar-refractivity contribution is 7.91. The second-order valence-electron chi connectivity index (χ2n) is 6.26. The Bertz CT molecular complexity index is 1210. The van der Waals surface area contributed by atoms with Crippen molar-refractivity contribution < 1.29 is 8.42 Å². The van der Waals surface area contributed by atoms with E-state index in [1.807, 2.05) is 12.1 Å². The second-order valence-corrected chi connectivity index (χ2v) is 8.77. The van der Waals surface area contributed by atoms with Crippen molar-refractivity contribution in [2.45, 2.75) is 11.3 Å². The number of nitrogens with two attached hydrogens (primary N) is 1. The fraction of sp³-hybridized carbons (Fsp3) is 0.100. The molecule has 27 heavy (non-hydrogen) atoms. The number of anilines is 1. The normalized spacial score (nSPS) is 14.5. The number of nitrogen functional groups attached to an aromatic ring is 1. The minimum atomic E-state index is -3.49. The number of nitriles is 1. The first-order chi connectivity index (χ1) is 12.9. The van der Waals surface area contributed by atoms with Crippen LogP contribution >= 0.6 is 11.6 Å². The van der Waals surface area contributed by atoms with Gasteiger partial charge in [-0.1, -0.05) is 41.9 Å². The summed E-state index contributed by atoms with van der Waals surface area (Å²) in [4.78, 5) is 4.65. The van der Waals surface area contributed by atoms with Crippen molar-refractivity contribution in [2.24, 2.45) is 0 Å². The molecule has 0 atom stereocenters. The van der Waals surface area contributed by atoms with E-state index in [1.54, 1.807) is 36.4 Å². The maximum Gasteiger partial charge on any atom is 0.179 e. The van der Waals surface area contributed by atoms with E-state index in [1.165, 1.54) is 0 Å². The summed E-state index contributed by atoms with van der Waals surface area (Å²) in [7, 11) is -3.49. The van der Waals surface area contributed by atoms with Gasteiger partial charge in [-0.05, 0) is 30.2 Å². The molecule has 0 spiro atoms. The Kier molecular flexibility index (Phi) is 4.14. The van der Waals surface area contributed by atoms with Gasteiger partial charge in [-0.25, -0.2) is 13.4 Å². The molecule has 7 heteroatoms. The molecule has 1 aromatic heterocycles. The van der Waals surface area contributed by atoms with Crippen LogP contribution in [0.5, 0.6) is 0 Å². The van der Waals surface area contributed by atoms with Crippen LogP contribution in [-0.2, 0) is 16.3 Å². The Morgan fingerprint density at radius 2 is 1.81 bits per heavy atom. The van der Waals surface area contributed by atoms with Crippen molar-refractivity contribution in [1.82, 2.24) is 4.98 Å². The van der Waals surface area contributed by atoms with Crippen molar-refractivity contribution in [3.8, 4) is 28.5 Å². The van der Waals surface area contributed by atoms with E-state index in [0.29, 0.717) is 27.4 Å². The van der Waals surface area contributed by atoms with E-state index < -0.39 is 9.84 Å². The van der Waals surface area contributed by atoms with Crippen molar-refractivity contribution in [3.05, 3.63) is 64.7 Å². The molecule has 4 rings (SSSR count). The number of sulfone groups is 1. The average Bonchev–Trinajstić information content (AvgIpc) is 2.77. The van der Waals surface area contributed by atoms with Crippen LogP contribution in [0.2, 0.25) is 5.02 Å². The van der Waals surface area contributed by atoms with Gasteiger partial charge in [-0.15, -0.1) is 0 Å². The summed E-state index contributed by atoms with van der Waals surface area (Å²) in [6.07, 6.45) is 0.242. The van der Waals surface area contributed by atoms with Crippen LogP contribution in [0.15, 0.2) is 53.4 Å². The van der Waals surface area contributed by atoms with E-state index in [4.69, 9.17) is 17.3 Å². The van der Waals surface area contributed by atoms with E-state index in [0.717, 1.165) is 5.56 Å². The number of rotatable bonds is 1. The molecular weight excluding hydrogens is 382 g/mol. The molecule has 0 amide bonds. The summed E-state index contributed by atoms with van der Waals surface area (Å²) in [5, 5.41) is 10.3. The summed E-state index contributed by atoms with van der Waals surface area (Å²) in [6, 6.07) is 15.9. The highest BCUT2D eigenvalue weighted by Gasteiger charge is 2.30. The summed E-state index contributed by atoms with van der Waals surface area (Å²) < 4.78 is 25.6. The third-order valence-corrected chi connectivity index (χ3v) is 6.69. The molecule has 2 aromatic carbocycles. The van der Waals surface area contributed by atoms with Gasteiger partial charge < -0.3 is 5.73 Å². The Balaban J connectivity index is 2.13. The molecule has 0 unspecified atom stereocenters. The SMILES string of the molecule is N#Cc1c(N)nc(-c2ccc(Cl)cc2)c2c1-c1ccccc1S(=O)(=O)CC2. The summed E-state index contributed by atoms with van der Waals surface area (Å²) in [6.45, 7) is 0. The summed E-state index contributed by atoms with van der Waals surface area (Å²) in [5.41, 5.74) is 9.38. The van der Waals surface area contributed by atoms with Crippen LogP contribution in [0.4, 0.5) is 5.82 Å². The number of pyridine rings is 1. The molecule has 0 saturated carbocycles. The largest absolute Gasteiger partial charge is 0.383 e. The topological polar surface area (TPSA) is 96.8 Å². The summed E-state index contributed by atoms with van der Waals surface area (Å²) >= 11 is 5.98. The zero-order valence-corrected chi connectivity index (χ0v) is 15.7. The molecule has 0 fully saturated rings. The minimum absolute atomic E-state index is 0.0614. The monoisotopic (exact) mass is 395 g/mol. The minimum Gasteiger partial charge on any atom is -0.383 e. The van der Waals surface area contributed by atoms with Crippen LogP contribution in [0.25, 0.3) is 22.4 Å². The first-order valence-electron chi connectivity index (χ1n) is 8.23.